The average Bonchev–Trinajstić information content (AvgIpc) is 2.49. The van der Waals surface area contributed by atoms with Gasteiger partial charge in [-0.25, -0.2) is 0 Å². The summed E-state index contributed by atoms with van der Waals surface area (Å²) in [5, 5.41) is 10.4. The molecule has 1 aliphatic rings. The number of aliphatic hydroxyl groups excluding tert-OH is 1. The van der Waals surface area contributed by atoms with Crippen molar-refractivity contribution < 1.29 is 14.6 Å². The fourth-order valence-electron chi connectivity index (χ4n) is 2.75. The van der Waals surface area contributed by atoms with Crippen molar-refractivity contribution in [2.24, 2.45) is 11.7 Å². The summed E-state index contributed by atoms with van der Waals surface area (Å²) in [6, 6.07) is 9.52. The van der Waals surface area contributed by atoms with Crippen molar-refractivity contribution >= 4 is 5.97 Å². The summed E-state index contributed by atoms with van der Waals surface area (Å²) in [5.74, 6) is -0.317. The average molecular weight is 277 g/mol. The van der Waals surface area contributed by atoms with Gasteiger partial charge >= 0.3 is 5.97 Å². The fraction of sp³-hybridized carbons (Fsp3) is 0.562. The van der Waals surface area contributed by atoms with E-state index in [1.807, 2.05) is 18.2 Å². The third-order valence-corrected chi connectivity index (χ3v) is 4.00. The number of ether oxygens (including phenoxy) is 1. The van der Waals surface area contributed by atoms with E-state index >= 15 is 0 Å². The van der Waals surface area contributed by atoms with Gasteiger partial charge in [-0.3, -0.25) is 4.79 Å². The molecule has 20 heavy (non-hydrogen) atoms. The van der Waals surface area contributed by atoms with E-state index in [2.05, 4.69) is 12.1 Å². The van der Waals surface area contributed by atoms with Crippen LogP contribution in [0.4, 0.5) is 0 Å². The van der Waals surface area contributed by atoms with Gasteiger partial charge in [0.05, 0.1) is 6.10 Å². The lowest BCUT2D eigenvalue weighted by molar-refractivity contribution is -0.156. The van der Waals surface area contributed by atoms with Gasteiger partial charge in [-0.2, -0.15) is 0 Å². The van der Waals surface area contributed by atoms with E-state index in [1.165, 1.54) is 5.56 Å². The molecule has 1 aromatic carbocycles. The van der Waals surface area contributed by atoms with Gasteiger partial charge in [0.2, 0.25) is 0 Å². The minimum Gasteiger partial charge on any atom is -0.459 e. The van der Waals surface area contributed by atoms with Crippen LogP contribution in [0.15, 0.2) is 30.3 Å². The van der Waals surface area contributed by atoms with Gasteiger partial charge in [-0.05, 0) is 37.7 Å². The molecule has 1 aromatic rings. The molecule has 0 aliphatic carbocycles. The Morgan fingerprint density at radius 3 is 2.70 bits per heavy atom. The number of hydrogen-bond acceptors (Lipinski definition) is 4. The molecule has 1 saturated heterocycles. The van der Waals surface area contributed by atoms with Crippen molar-refractivity contribution in [1.82, 2.24) is 0 Å². The largest absolute Gasteiger partial charge is 0.459 e. The first-order valence-electron chi connectivity index (χ1n) is 7.26. The van der Waals surface area contributed by atoms with Crippen molar-refractivity contribution in [2.45, 2.75) is 50.9 Å². The quantitative estimate of drug-likeness (QED) is 0.806. The molecule has 1 fully saturated rings. The van der Waals surface area contributed by atoms with Crippen LogP contribution >= 0.6 is 0 Å². The lowest BCUT2D eigenvalue weighted by Gasteiger charge is -2.26. The van der Waals surface area contributed by atoms with Gasteiger partial charge in [-0.15, -0.1) is 0 Å². The van der Waals surface area contributed by atoms with Gasteiger partial charge in [0.25, 0.3) is 0 Å². The molecule has 0 spiro atoms. The maximum atomic E-state index is 11.7. The first-order chi connectivity index (χ1) is 9.58. The van der Waals surface area contributed by atoms with E-state index in [1.54, 1.807) is 6.92 Å². The zero-order valence-corrected chi connectivity index (χ0v) is 11.9. The van der Waals surface area contributed by atoms with Crippen LogP contribution in [0.1, 0.15) is 31.7 Å². The van der Waals surface area contributed by atoms with Gasteiger partial charge in [0.15, 0.2) is 0 Å². The molecule has 0 unspecified atom stereocenters. The summed E-state index contributed by atoms with van der Waals surface area (Å²) in [6.45, 7) is 1.73. The molecule has 0 amide bonds. The number of nitrogens with two attached hydrogens (primary N) is 1. The van der Waals surface area contributed by atoms with E-state index in [0.717, 1.165) is 19.3 Å². The Kier molecular flexibility index (Phi) is 5.15. The molecule has 4 nitrogen and oxygen atoms in total. The third kappa shape index (κ3) is 3.81. The number of esters is 1. The summed E-state index contributed by atoms with van der Waals surface area (Å²) < 4.78 is 5.25. The Morgan fingerprint density at radius 2 is 2.00 bits per heavy atom. The number of cyclic esters (lactones) is 1. The molecule has 110 valence electrons. The maximum Gasteiger partial charge on any atom is 0.323 e. The Hall–Kier alpha value is -1.39. The second-order valence-corrected chi connectivity index (χ2v) is 5.62. The van der Waals surface area contributed by atoms with E-state index in [-0.39, 0.29) is 5.92 Å². The smallest absolute Gasteiger partial charge is 0.323 e. The second kappa shape index (κ2) is 6.86. The van der Waals surface area contributed by atoms with Crippen molar-refractivity contribution in [3.8, 4) is 0 Å². The van der Waals surface area contributed by atoms with Crippen LogP contribution in [0.5, 0.6) is 0 Å². The van der Waals surface area contributed by atoms with Gasteiger partial charge in [0.1, 0.15) is 12.1 Å². The van der Waals surface area contributed by atoms with Crippen LogP contribution in [-0.4, -0.2) is 29.3 Å². The first-order valence-corrected chi connectivity index (χ1v) is 7.26. The van der Waals surface area contributed by atoms with Crippen molar-refractivity contribution in [3.63, 3.8) is 0 Å². The van der Waals surface area contributed by atoms with Crippen molar-refractivity contribution in [3.05, 3.63) is 35.9 Å². The third-order valence-electron chi connectivity index (χ3n) is 4.00. The fourth-order valence-corrected chi connectivity index (χ4v) is 2.75. The topological polar surface area (TPSA) is 72.5 Å². The van der Waals surface area contributed by atoms with E-state index in [9.17, 15) is 9.90 Å². The second-order valence-electron chi connectivity index (χ2n) is 5.62. The zero-order valence-electron chi connectivity index (χ0n) is 11.9. The maximum absolute atomic E-state index is 11.7. The predicted molar refractivity (Wildman–Crippen MR) is 77.0 cm³/mol. The van der Waals surface area contributed by atoms with Gasteiger partial charge < -0.3 is 15.6 Å². The lowest BCUT2D eigenvalue weighted by atomic mass is 9.87. The molecular formula is C16H23NO3. The van der Waals surface area contributed by atoms with Crippen LogP contribution in [0.2, 0.25) is 0 Å². The van der Waals surface area contributed by atoms with Gasteiger partial charge in [0, 0.05) is 0 Å². The van der Waals surface area contributed by atoms with E-state index in [4.69, 9.17) is 10.5 Å². The molecule has 0 bridgehead atoms. The van der Waals surface area contributed by atoms with Crippen LogP contribution in [-0.2, 0) is 16.0 Å². The number of aliphatic hydroxyl groups is 1. The van der Waals surface area contributed by atoms with Gasteiger partial charge in [-0.1, -0.05) is 36.8 Å². The van der Waals surface area contributed by atoms with Crippen molar-refractivity contribution in [2.75, 3.05) is 0 Å². The standard InChI is InChI=1S/C16H23NO3/c1-11-15(18)13(10-12-6-3-2-4-7-12)8-5-9-14(17)16(19)20-11/h2-4,6-7,11,13-15,18H,5,8-10,17H2,1H3/t11-,13+,14-,15-/m0/s1. The molecule has 1 aliphatic heterocycles. The van der Waals surface area contributed by atoms with Crippen LogP contribution in [0.25, 0.3) is 0 Å². The minimum atomic E-state index is -0.649. The molecule has 4 atom stereocenters. The molecular weight excluding hydrogens is 254 g/mol. The highest BCUT2D eigenvalue weighted by Gasteiger charge is 2.31. The normalized spacial score (nSPS) is 31.9. The highest BCUT2D eigenvalue weighted by molar-refractivity contribution is 5.75. The zero-order chi connectivity index (χ0) is 14.5. The molecule has 4 heteroatoms. The highest BCUT2D eigenvalue weighted by atomic mass is 16.6. The number of rotatable bonds is 2. The first kappa shape index (κ1) is 15.0. The molecule has 1 heterocycles. The molecule has 0 radical (unpaired) electrons. The number of benzene rings is 1. The summed E-state index contributed by atoms with van der Waals surface area (Å²) in [7, 11) is 0. The van der Waals surface area contributed by atoms with Crippen LogP contribution in [0.3, 0.4) is 0 Å². The Labute approximate surface area is 119 Å². The summed E-state index contributed by atoms with van der Waals surface area (Å²) in [5.41, 5.74) is 6.96. The predicted octanol–water partition coefficient (Wildman–Crippen LogP) is 1.65. The summed E-state index contributed by atoms with van der Waals surface area (Å²) in [4.78, 5) is 11.7. The Bertz CT molecular complexity index is 435. The number of carbonyl (C=O) groups is 1. The minimum absolute atomic E-state index is 0.0884. The number of hydrogen-bond donors (Lipinski definition) is 2. The molecule has 0 aromatic heterocycles. The Morgan fingerprint density at radius 1 is 1.30 bits per heavy atom. The van der Waals surface area contributed by atoms with Crippen LogP contribution < -0.4 is 5.73 Å². The lowest BCUT2D eigenvalue weighted by Crippen LogP contribution is -2.39. The van der Waals surface area contributed by atoms with E-state index < -0.39 is 24.2 Å². The SMILES string of the molecule is C[C@@H]1OC(=O)[C@@H](N)CCC[C@H](Cc2ccccc2)[C@H]1O. The summed E-state index contributed by atoms with van der Waals surface area (Å²) >= 11 is 0. The van der Waals surface area contributed by atoms with E-state index in [0.29, 0.717) is 6.42 Å². The van der Waals surface area contributed by atoms with Crippen LogP contribution in [0, 0.1) is 5.92 Å². The van der Waals surface area contributed by atoms with Crippen molar-refractivity contribution in [1.29, 1.82) is 0 Å². The number of carbonyl (C=O) groups excluding carboxylic acids is 1. The highest BCUT2D eigenvalue weighted by Crippen LogP contribution is 2.24. The monoisotopic (exact) mass is 277 g/mol. The molecule has 3 N–H and O–H groups in total. The Balaban J connectivity index is 2.08. The molecule has 2 rings (SSSR count). The molecule has 0 saturated carbocycles. The summed E-state index contributed by atoms with van der Waals surface area (Å²) in [6.07, 6.45) is 1.93.